The second kappa shape index (κ2) is 6.14. The molecule has 1 unspecified atom stereocenters. The van der Waals surface area contributed by atoms with Crippen LogP contribution in [-0.2, 0) is 6.61 Å². The molecule has 2 heterocycles. The monoisotopic (exact) mass is 329 g/mol. The summed E-state index contributed by atoms with van der Waals surface area (Å²) in [5, 5.41) is 13.2. The van der Waals surface area contributed by atoms with Crippen molar-refractivity contribution in [1.82, 2.24) is 9.97 Å². The Bertz CT molecular complexity index is 914. The van der Waals surface area contributed by atoms with Gasteiger partial charge in [0.25, 0.3) is 5.56 Å². The molecule has 3 aromatic rings. The van der Waals surface area contributed by atoms with Crippen molar-refractivity contribution in [3.63, 3.8) is 0 Å². The Labute approximate surface area is 138 Å². The number of benzene rings is 1. The van der Waals surface area contributed by atoms with E-state index >= 15 is 0 Å². The number of thiophene rings is 1. The summed E-state index contributed by atoms with van der Waals surface area (Å²) in [4.78, 5) is 21.7. The molecule has 0 spiro atoms. The van der Waals surface area contributed by atoms with Gasteiger partial charge >= 0.3 is 0 Å². The second-order valence-corrected chi connectivity index (χ2v) is 6.84. The van der Waals surface area contributed by atoms with Gasteiger partial charge in [-0.05, 0) is 44.0 Å². The zero-order valence-corrected chi connectivity index (χ0v) is 14.1. The number of aromatic amines is 1. The number of H-pyrrole nitrogens is 1. The van der Waals surface area contributed by atoms with Crippen molar-refractivity contribution in [1.29, 1.82) is 0 Å². The Morgan fingerprint density at radius 1 is 1.39 bits per heavy atom. The highest BCUT2D eigenvalue weighted by Crippen LogP contribution is 2.27. The molecule has 0 fully saturated rings. The van der Waals surface area contributed by atoms with Crippen LogP contribution in [0.3, 0.4) is 0 Å². The van der Waals surface area contributed by atoms with Gasteiger partial charge in [0, 0.05) is 10.6 Å². The first-order chi connectivity index (χ1) is 11.0. The quantitative estimate of drug-likeness (QED) is 0.686. The molecule has 0 aliphatic rings. The maximum atomic E-state index is 12.3. The Hall–Kier alpha value is -2.18. The van der Waals surface area contributed by atoms with E-state index in [0.717, 1.165) is 26.5 Å². The molecule has 120 valence electrons. The van der Waals surface area contributed by atoms with Crippen LogP contribution in [-0.4, -0.2) is 15.1 Å². The lowest BCUT2D eigenvalue weighted by Crippen LogP contribution is -2.17. The lowest BCUT2D eigenvalue weighted by Gasteiger charge is -2.15. The van der Waals surface area contributed by atoms with Gasteiger partial charge in [-0.2, -0.15) is 0 Å². The zero-order chi connectivity index (χ0) is 16.6. The minimum Gasteiger partial charge on any atom is -0.392 e. The van der Waals surface area contributed by atoms with Crippen LogP contribution in [0.5, 0.6) is 0 Å². The third-order valence-electron chi connectivity index (χ3n) is 3.96. The van der Waals surface area contributed by atoms with Crippen LogP contribution in [0, 0.1) is 13.8 Å². The van der Waals surface area contributed by atoms with Crippen molar-refractivity contribution in [3.05, 3.63) is 56.4 Å². The molecule has 2 aromatic heterocycles. The number of hydrogen-bond acceptors (Lipinski definition) is 5. The predicted molar refractivity (Wildman–Crippen MR) is 94.1 cm³/mol. The molecule has 0 bridgehead atoms. The van der Waals surface area contributed by atoms with E-state index in [0.29, 0.717) is 11.2 Å². The van der Waals surface area contributed by atoms with Gasteiger partial charge < -0.3 is 15.4 Å². The van der Waals surface area contributed by atoms with Gasteiger partial charge in [-0.25, -0.2) is 4.98 Å². The summed E-state index contributed by atoms with van der Waals surface area (Å²) in [6, 6.07) is 7.40. The van der Waals surface area contributed by atoms with Crippen molar-refractivity contribution < 1.29 is 5.11 Å². The lowest BCUT2D eigenvalue weighted by atomic mass is 10.2. The largest absolute Gasteiger partial charge is 0.392 e. The summed E-state index contributed by atoms with van der Waals surface area (Å²) < 4.78 is 0. The average molecular weight is 329 g/mol. The number of rotatable bonds is 4. The highest BCUT2D eigenvalue weighted by Gasteiger charge is 2.15. The predicted octanol–water partition coefficient (Wildman–Crippen LogP) is 3.27. The fourth-order valence-corrected chi connectivity index (χ4v) is 3.59. The van der Waals surface area contributed by atoms with Crippen molar-refractivity contribution in [2.45, 2.75) is 33.4 Å². The molecular formula is C17H19N3O2S. The topological polar surface area (TPSA) is 78.0 Å². The molecule has 23 heavy (non-hydrogen) atoms. The first-order valence-corrected chi connectivity index (χ1v) is 8.27. The fraction of sp³-hybridized carbons (Fsp3) is 0.294. The maximum absolute atomic E-state index is 12.3. The molecule has 3 N–H and O–H groups in total. The van der Waals surface area contributed by atoms with E-state index < -0.39 is 0 Å². The van der Waals surface area contributed by atoms with Gasteiger partial charge in [0.15, 0.2) is 0 Å². The smallest absolute Gasteiger partial charge is 0.259 e. The number of nitrogens with one attached hydrogen (secondary N) is 2. The average Bonchev–Trinajstić information content (AvgIpc) is 2.82. The molecule has 3 rings (SSSR count). The van der Waals surface area contributed by atoms with Gasteiger partial charge in [-0.1, -0.05) is 12.1 Å². The Morgan fingerprint density at radius 3 is 2.91 bits per heavy atom. The summed E-state index contributed by atoms with van der Waals surface area (Å²) in [5.41, 5.74) is 2.63. The summed E-state index contributed by atoms with van der Waals surface area (Å²) in [6.45, 7) is 5.90. The molecule has 0 saturated carbocycles. The molecule has 0 radical (unpaired) electrons. The van der Waals surface area contributed by atoms with Crippen molar-refractivity contribution in [3.8, 4) is 0 Å². The van der Waals surface area contributed by atoms with Gasteiger partial charge in [-0.3, -0.25) is 4.79 Å². The number of aliphatic hydroxyl groups excluding tert-OH is 1. The number of hydrogen-bond donors (Lipinski definition) is 3. The summed E-state index contributed by atoms with van der Waals surface area (Å²) in [7, 11) is 0. The molecular weight excluding hydrogens is 310 g/mol. The lowest BCUT2D eigenvalue weighted by molar-refractivity contribution is 0.282. The Kier molecular flexibility index (Phi) is 4.19. The first-order valence-electron chi connectivity index (χ1n) is 7.46. The van der Waals surface area contributed by atoms with E-state index in [1.54, 1.807) is 11.3 Å². The highest BCUT2D eigenvalue weighted by atomic mass is 32.1. The van der Waals surface area contributed by atoms with Crippen LogP contribution >= 0.6 is 11.3 Å². The molecule has 1 atom stereocenters. The molecule has 0 aliphatic carbocycles. The van der Waals surface area contributed by atoms with Crippen LogP contribution < -0.4 is 10.9 Å². The van der Waals surface area contributed by atoms with Gasteiger partial charge in [0.1, 0.15) is 10.7 Å². The standard InChI is InChI=1S/C17H19N3O2S/c1-9-11(3)23-17-14(9)16(22)19-15(20-17)10(2)18-13-6-4-5-12(7-13)8-21/h4-7,10,18,21H,8H2,1-3H3,(H,19,20,22). The normalized spacial score (nSPS) is 12.5. The third-order valence-corrected chi connectivity index (χ3v) is 5.06. The van der Waals surface area contributed by atoms with Gasteiger partial charge in [-0.15, -0.1) is 11.3 Å². The van der Waals surface area contributed by atoms with Crippen molar-refractivity contribution in [2.24, 2.45) is 0 Å². The summed E-state index contributed by atoms with van der Waals surface area (Å²) in [5.74, 6) is 0.609. The zero-order valence-electron chi connectivity index (χ0n) is 13.3. The number of aromatic nitrogens is 2. The second-order valence-electron chi connectivity index (χ2n) is 5.64. The molecule has 0 amide bonds. The van der Waals surface area contributed by atoms with E-state index in [4.69, 9.17) is 0 Å². The minimum absolute atomic E-state index is 0.00130. The fourth-order valence-electron chi connectivity index (χ4n) is 2.55. The molecule has 6 heteroatoms. The molecule has 0 saturated heterocycles. The SMILES string of the molecule is Cc1sc2nc(C(C)Nc3cccc(CO)c3)[nH]c(=O)c2c1C. The highest BCUT2D eigenvalue weighted by molar-refractivity contribution is 7.18. The van der Waals surface area contributed by atoms with Crippen LogP contribution in [0.4, 0.5) is 5.69 Å². The van der Waals surface area contributed by atoms with Crippen molar-refractivity contribution >= 4 is 27.2 Å². The minimum atomic E-state index is -0.149. The van der Waals surface area contributed by atoms with E-state index in [-0.39, 0.29) is 18.2 Å². The van der Waals surface area contributed by atoms with Gasteiger partial charge in [0.2, 0.25) is 0 Å². The maximum Gasteiger partial charge on any atom is 0.259 e. The number of aryl methyl sites for hydroxylation is 2. The molecule has 5 nitrogen and oxygen atoms in total. The van der Waals surface area contributed by atoms with E-state index in [1.807, 2.05) is 45.0 Å². The third kappa shape index (κ3) is 3.00. The van der Waals surface area contributed by atoms with Crippen LogP contribution in [0.1, 0.15) is 34.8 Å². The van der Waals surface area contributed by atoms with E-state index in [9.17, 15) is 9.90 Å². The number of nitrogens with zero attached hydrogens (tertiary/aromatic N) is 1. The van der Waals surface area contributed by atoms with E-state index in [1.165, 1.54) is 0 Å². The number of anilines is 1. The Balaban J connectivity index is 1.94. The van der Waals surface area contributed by atoms with E-state index in [2.05, 4.69) is 15.3 Å². The first kappa shape index (κ1) is 15.7. The summed E-state index contributed by atoms with van der Waals surface area (Å²) >= 11 is 1.54. The number of fused-ring (bicyclic) bond motifs is 1. The molecule has 1 aromatic carbocycles. The molecule has 0 aliphatic heterocycles. The van der Waals surface area contributed by atoms with Crippen LogP contribution in [0.2, 0.25) is 0 Å². The van der Waals surface area contributed by atoms with Gasteiger partial charge in [0.05, 0.1) is 18.0 Å². The summed E-state index contributed by atoms with van der Waals surface area (Å²) in [6.07, 6.45) is 0. The Morgan fingerprint density at radius 2 is 2.17 bits per heavy atom. The van der Waals surface area contributed by atoms with Crippen LogP contribution in [0.15, 0.2) is 29.1 Å². The number of aliphatic hydroxyl groups is 1. The van der Waals surface area contributed by atoms with Crippen LogP contribution in [0.25, 0.3) is 10.2 Å². The van der Waals surface area contributed by atoms with Crippen molar-refractivity contribution in [2.75, 3.05) is 5.32 Å².